The predicted octanol–water partition coefficient (Wildman–Crippen LogP) is 3.25. The quantitative estimate of drug-likeness (QED) is 0.596. The number of nitrogens with zero attached hydrogens (tertiary/aromatic N) is 2. The molecule has 0 bridgehead atoms. The van der Waals surface area contributed by atoms with Crippen LogP contribution in [0.15, 0.2) is 47.1 Å². The third-order valence-electron chi connectivity index (χ3n) is 2.30. The van der Waals surface area contributed by atoms with E-state index >= 15 is 0 Å². The van der Waals surface area contributed by atoms with E-state index in [2.05, 4.69) is 27.1 Å². The third kappa shape index (κ3) is 0.990. The van der Waals surface area contributed by atoms with Crippen molar-refractivity contribution in [3.05, 3.63) is 47.1 Å². The van der Waals surface area contributed by atoms with Crippen LogP contribution in [0.3, 0.4) is 0 Å². The lowest BCUT2D eigenvalue weighted by atomic mass is 10.2. The average Bonchev–Trinajstić information content (AvgIpc) is 2.57. The summed E-state index contributed by atoms with van der Waals surface area (Å²) in [5.41, 5.74) is 2.16. The van der Waals surface area contributed by atoms with Gasteiger partial charge >= 0.3 is 0 Å². The second-order valence-corrected chi connectivity index (χ2v) is 4.02. The molecule has 2 heterocycles. The molecule has 68 valence electrons. The molecular formula is C11H7BrN2. The summed E-state index contributed by atoms with van der Waals surface area (Å²) in [5, 5.41) is 5.64. The lowest BCUT2D eigenvalue weighted by molar-refractivity contribution is 0.979. The van der Waals surface area contributed by atoms with Gasteiger partial charge in [0.05, 0.1) is 11.0 Å². The van der Waals surface area contributed by atoms with Gasteiger partial charge < -0.3 is 0 Å². The summed E-state index contributed by atoms with van der Waals surface area (Å²) in [4.78, 5) is 0. The molecule has 0 atom stereocenters. The molecule has 0 saturated carbocycles. The Hall–Kier alpha value is -1.35. The summed E-state index contributed by atoms with van der Waals surface area (Å²) in [6, 6.07) is 12.1. The lowest BCUT2D eigenvalue weighted by Crippen LogP contribution is -1.84. The van der Waals surface area contributed by atoms with Crippen molar-refractivity contribution in [1.29, 1.82) is 0 Å². The van der Waals surface area contributed by atoms with Gasteiger partial charge in [-0.3, -0.25) is 0 Å². The van der Waals surface area contributed by atoms with Gasteiger partial charge in [-0.2, -0.15) is 5.10 Å². The van der Waals surface area contributed by atoms with E-state index in [0.717, 1.165) is 15.5 Å². The molecule has 1 aromatic carbocycles. The van der Waals surface area contributed by atoms with Gasteiger partial charge in [0, 0.05) is 16.1 Å². The van der Waals surface area contributed by atoms with E-state index in [4.69, 9.17) is 0 Å². The van der Waals surface area contributed by atoms with Crippen LogP contribution < -0.4 is 0 Å². The van der Waals surface area contributed by atoms with Gasteiger partial charge in [0.2, 0.25) is 0 Å². The van der Waals surface area contributed by atoms with Gasteiger partial charge in [0.25, 0.3) is 0 Å². The number of hydrogen-bond donors (Lipinski definition) is 0. The molecule has 14 heavy (non-hydrogen) atoms. The summed E-state index contributed by atoms with van der Waals surface area (Å²) in [7, 11) is 0. The van der Waals surface area contributed by atoms with E-state index in [1.54, 1.807) is 0 Å². The van der Waals surface area contributed by atoms with Crippen molar-refractivity contribution >= 4 is 32.3 Å². The number of pyridine rings is 1. The molecule has 0 radical (unpaired) electrons. The van der Waals surface area contributed by atoms with Gasteiger partial charge in [-0.05, 0) is 34.1 Å². The number of aromatic nitrogens is 2. The normalized spacial score (nSPS) is 11.2. The Balaban J connectivity index is 2.65. The highest BCUT2D eigenvalue weighted by Crippen LogP contribution is 2.25. The minimum Gasteiger partial charge on any atom is -0.239 e. The Kier molecular flexibility index (Phi) is 1.61. The van der Waals surface area contributed by atoms with Crippen LogP contribution in [0.25, 0.3) is 16.4 Å². The van der Waals surface area contributed by atoms with Gasteiger partial charge in [-0.15, -0.1) is 0 Å². The average molecular weight is 247 g/mol. The first-order chi connectivity index (χ1) is 6.86. The highest BCUT2D eigenvalue weighted by Gasteiger charge is 2.05. The van der Waals surface area contributed by atoms with E-state index in [1.165, 1.54) is 5.39 Å². The number of benzene rings is 1. The Labute approximate surface area is 89.3 Å². The van der Waals surface area contributed by atoms with Crippen molar-refractivity contribution in [3.63, 3.8) is 0 Å². The first-order valence-corrected chi connectivity index (χ1v) is 5.17. The zero-order chi connectivity index (χ0) is 9.54. The van der Waals surface area contributed by atoms with Crippen LogP contribution in [0.2, 0.25) is 0 Å². The van der Waals surface area contributed by atoms with Gasteiger partial charge in [-0.1, -0.05) is 18.2 Å². The van der Waals surface area contributed by atoms with Gasteiger partial charge in [0.15, 0.2) is 0 Å². The fraction of sp³-hybridized carbons (Fsp3) is 0. The fourth-order valence-corrected chi connectivity index (χ4v) is 2.23. The van der Waals surface area contributed by atoms with Crippen molar-refractivity contribution in [2.45, 2.75) is 0 Å². The maximum absolute atomic E-state index is 4.46. The highest BCUT2D eigenvalue weighted by atomic mass is 79.9. The number of rotatable bonds is 0. The van der Waals surface area contributed by atoms with E-state index in [1.807, 2.05) is 41.0 Å². The van der Waals surface area contributed by atoms with Crippen molar-refractivity contribution in [1.82, 2.24) is 9.61 Å². The maximum Gasteiger partial charge on any atom is 0.0934 e. The monoisotopic (exact) mass is 246 g/mol. The smallest absolute Gasteiger partial charge is 0.0934 e. The van der Waals surface area contributed by atoms with Crippen LogP contribution >= 0.6 is 15.9 Å². The van der Waals surface area contributed by atoms with E-state index in [9.17, 15) is 0 Å². The van der Waals surface area contributed by atoms with Crippen molar-refractivity contribution in [3.8, 4) is 0 Å². The molecule has 0 saturated heterocycles. The molecule has 0 aliphatic rings. The minimum atomic E-state index is 1.03. The van der Waals surface area contributed by atoms with Crippen LogP contribution in [0.1, 0.15) is 0 Å². The van der Waals surface area contributed by atoms with Crippen LogP contribution in [0.5, 0.6) is 0 Å². The molecule has 0 unspecified atom stereocenters. The second-order valence-electron chi connectivity index (χ2n) is 3.17. The first kappa shape index (κ1) is 8.00. The number of fused-ring (bicyclic) bond motifs is 3. The van der Waals surface area contributed by atoms with Crippen molar-refractivity contribution in [2.75, 3.05) is 0 Å². The molecular weight excluding hydrogens is 240 g/mol. The molecule has 0 aliphatic heterocycles. The first-order valence-electron chi connectivity index (χ1n) is 4.38. The molecule has 3 heteroatoms. The Morgan fingerprint density at radius 1 is 1.07 bits per heavy atom. The topological polar surface area (TPSA) is 17.3 Å². The standard InChI is InChI=1S/C11H7BrN2/c12-9-5-3-7-14-11(9)8-4-1-2-6-10(8)13-14/h1-7H. The molecule has 2 nitrogen and oxygen atoms in total. The molecule has 2 aromatic heterocycles. The van der Waals surface area contributed by atoms with Crippen LogP contribution in [0, 0.1) is 0 Å². The lowest BCUT2D eigenvalue weighted by Gasteiger charge is -1.94. The summed E-state index contributed by atoms with van der Waals surface area (Å²) in [6.45, 7) is 0. The summed E-state index contributed by atoms with van der Waals surface area (Å²) < 4.78 is 2.98. The predicted molar refractivity (Wildman–Crippen MR) is 60.4 cm³/mol. The Bertz CT molecular complexity index is 613. The van der Waals surface area contributed by atoms with Gasteiger partial charge in [0.1, 0.15) is 0 Å². The fourth-order valence-electron chi connectivity index (χ4n) is 1.68. The maximum atomic E-state index is 4.46. The molecule has 0 amide bonds. The summed E-state index contributed by atoms with van der Waals surface area (Å²) >= 11 is 3.54. The second kappa shape index (κ2) is 2.82. The highest BCUT2D eigenvalue weighted by molar-refractivity contribution is 9.10. The van der Waals surface area contributed by atoms with Crippen LogP contribution in [-0.2, 0) is 0 Å². The summed E-state index contributed by atoms with van der Waals surface area (Å²) in [5.74, 6) is 0. The zero-order valence-corrected chi connectivity index (χ0v) is 8.90. The minimum absolute atomic E-state index is 1.03. The van der Waals surface area contributed by atoms with E-state index in [0.29, 0.717) is 0 Å². The summed E-state index contributed by atoms with van der Waals surface area (Å²) in [6.07, 6.45) is 1.96. The zero-order valence-electron chi connectivity index (χ0n) is 7.31. The van der Waals surface area contributed by atoms with Crippen LogP contribution in [-0.4, -0.2) is 9.61 Å². The molecule has 3 aromatic rings. The number of halogens is 1. The molecule has 0 aliphatic carbocycles. The van der Waals surface area contributed by atoms with Gasteiger partial charge in [-0.25, -0.2) is 4.52 Å². The molecule has 0 fully saturated rings. The third-order valence-corrected chi connectivity index (χ3v) is 2.94. The largest absolute Gasteiger partial charge is 0.239 e. The Morgan fingerprint density at radius 3 is 2.86 bits per heavy atom. The number of hydrogen-bond acceptors (Lipinski definition) is 1. The van der Waals surface area contributed by atoms with E-state index in [-0.39, 0.29) is 0 Å². The SMILES string of the molecule is Brc1cccn2nc3ccccc3c12. The van der Waals surface area contributed by atoms with Crippen molar-refractivity contribution in [2.24, 2.45) is 0 Å². The molecule has 0 N–H and O–H groups in total. The van der Waals surface area contributed by atoms with Crippen molar-refractivity contribution < 1.29 is 0 Å². The Morgan fingerprint density at radius 2 is 1.93 bits per heavy atom. The molecule has 0 spiro atoms. The van der Waals surface area contributed by atoms with E-state index < -0.39 is 0 Å². The van der Waals surface area contributed by atoms with Crippen LogP contribution in [0.4, 0.5) is 0 Å². The molecule has 3 rings (SSSR count).